The predicted molar refractivity (Wildman–Crippen MR) is 286 cm³/mol. The van der Waals surface area contributed by atoms with Crippen LogP contribution in [0, 0.1) is 18.4 Å². The van der Waals surface area contributed by atoms with Gasteiger partial charge in [0, 0.05) is 30.4 Å². The van der Waals surface area contributed by atoms with Crippen LogP contribution in [0.4, 0.5) is 10.2 Å². The maximum absolute atomic E-state index is 14.5. The number of terminal acetylenes is 1. The molecule has 2 fully saturated rings. The lowest BCUT2D eigenvalue weighted by Crippen LogP contribution is -2.29. The number of halogens is 1. The van der Waals surface area contributed by atoms with E-state index in [4.69, 9.17) is 35.8 Å². The van der Waals surface area contributed by atoms with Crippen LogP contribution in [0.1, 0.15) is 238 Å². The highest BCUT2D eigenvalue weighted by atomic mass is 19.1. The van der Waals surface area contributed by atoms with Crippen molar-refractivity contribution < 1.29 is 47.3 Å². The Morgan fingerprint density at radius 1 is 0.667 bits per heavy atom. The topological polar surface area (TPSA) is 184 Å². The summed E-state index contributed by atoms with van der Waals surface area (Å²) in [6, 6.07) is 13.2. The van der Waals surface area contributed by atoms with Gasteiger partial charge in [-0.15, -0.1) is 6.42 Å². The van der Waals surface area contributed by atoms with Gasteiger partial charge in [0.25, 0.3) is 0 Å². The molecule has 75 heavy (non-hydrogen) atoms. The number of rotatable bonds is 37. The minimum atomic E-state index is -1.82. The number of nitrogen functional groups attached to an aromatic ring is 1. The van der Waals surface area contributed by atoms with Crippen molar-refractivity contribution in [1.29, 1.82) is 0 Å². The molecule has 408 valence electrons. The molecule has 1 saturated carbocycles. The first-order chi connectivity index (χ1) is 36.6. The quantitative estimate of drug-likeness (QED) is 0.0148. The normalized spacial score (nSPS) is 18.6. The number of ether oxygens (including phenoxy) is 5. The Bertz CT molecular complexity index is 2490. The number of hydrogen-bond donors (Lipinski definition) is 1. The van der Waals surface area contributed by atoms with Crippen LogP contribution in [-0.4, -0.2) is 60.7 Å². The van der Waals surface area contributed by atoms with Gasteiger partial charge in [0.15, 0.2) is 23.1 Å². The van der Waals surface area contributed by atoms with Crippen molar-refractivity contribution in [1.82, 2.24) is 19.5 Å². The number of nitrogens with two attached hydrogens (primary N) is 1. The molecular formula is C60H82FN5O9. The molecule has 6 rings (SSSR count). The minimum Gasteiger partial charge on any atom is -0.461 e. The molecule has 4 atom stereocenters. The monoisotopic (exact) mass is 1040 g/mol. The van der Waals surface area contributed by atoms with Crippen molar-refractivity contribution >= 4 is 40.9 Å². The predicted octanol–water partition coefficient (Wildman–Crippen LogP) is 13.7. The van der Waals surface area contributed by atoms with Crippen LogP contribution in [0.5, 0.6) is 0 Å². The summed E-state index contributed by atoms with van der Waals surface area (Å²) in [6.07, 6.45) is 35.6. The second-order valence-electron chi connectivity index (χ2n) is 20.5. The fraction of sp³-hybridized carbons (Fsp3) is 0.617. The summed E-state index contributed by atoms with van der Waals surface area (Å²) in [7, 11) is 0. The average Bonchev–Trinajstić information content (AvgIpc) is 3.67. The lowest BCUT2D eigenvalue weighted by atomic mass is 10.0. The third kappa shape index (κ3) is 16.6. The van der Waals surface area contributed by atoms with Gasteiger partial charge < -0.3 is 29.4 Å². The lowest BCUT2D eigenvalue weighted by molar-refractivity contribution is -0.146. The zero-order chi connectivity index (χ0) is 53.3. The van der Waals surface area contributed by atoms with Crippen molar-refractivity contribution in [2.24, 2.45) is 0 Å². The molecule has 1 unspecified atom stereocenters. The Morgan fingerprint density at radius 2 is 1.11 bits per heavy atom. The summed E-state index contributed by atoms with van der Waals surface area (Å²) >= 11 is 0. The Kier molecular flexibility index (Phi) is 23.8. The molecule has 2 aromatic carbocycles. The van der Waals surface area contributed by atoms with Gasteiger partial charge in [0.05, 0.1) is 17.5 Å². The SMILES string of the molecule is C#C[C@]12O[C@@H](n3cnc4c(N)nc(F)nc43)C[C@@]1(OC(=O)c1ccccc1COC(=O)CCCCCCCCCCCCCCC)C2OC(=O)c1ccccc1COC(=O)CCCCCCCCCCCCCCC. The summed E-state index contributed by atoms with van der Waals surface area (Å²) in [5, 5.41) is 0. The Hall–Kier alpha value is -5.88. The van der Waals surface area contributed by atoms with Gasteiger partial charge in [-0.25, -0.2) is 14.6 Å². The second kappa shape index (κ2) is 30.6. The van der Waals surface area contributed by atoms with Crippen molar-refractivity contribution in [3.63, 3.8) is 0 Å². The number of anilines is 1. The van der Waals surface area contributed by atoms with Gasteiger partial charge in [-0.05, 0) is 25.0 Å². The molecule has 4 aromatic rings. The number of esters is 4. The highest BCUT2D eigenvalue weighted by Gasteiger charge is 2.89. The summed E-state index contributed by atoms with van der Waals surface area (Å²) in [6.45, 7) is 4.14. The van der Waals surface area contributed by atoms with E-state index in [9.17, 15) is 23.6 Å². The maximum atomic E-state index is 14.5. The largest absolute Gasteiger partial charge is 0.461 e. The van der Waals surface area contributed by atoms with Crippen molar-refractivity contribution in [2.75, 3.05) is 5.73 Å². The molecular weight excluding hydrogens is 954 g/mol. The van der Waals surface area contributed by atoms with E-state index in [0.717, 1.165) is 44.9 Å². The van der Waals surface area contributed by atoms with E-state index in [1.807, 2.05) is 0 Å². The lowest BCUT2D eigenvalue weighted by Gasteiger charge is -2.21. The standard InChI is InChI=1S/C60H82FN5O9/c1-4-7-9-11-13-15-17-19-21-23-25-27-29-39-50(67)71-42-45-35-31-33-37-47(45)55(69)73-57-59(6-3)60(57,41-49(74-59)66-44-63-52-53(62)64-58(61)65-54(52)66)75-56(70)48-38-34-32-36-46(48)43-72-51(68)40-30-28-26-24-22-20-18-16-14-12-10-8-5-2/h3,31-38,44,49,57H,4-5,7-30,39-43H2,1-2H3,(H2,62,64,65)/t49-,57?,59-,60-/m1/s1. The summed E-state index contributed by atoms with van der Waals surface area (Å²) in [4.78, 5) is 66.0. The van der Waals surface area contributed by atoms with Crippen molar-refractivity contribution in [2.45, 2.75) is 237 Å². The molecule has 14 nitrogen and oxygen atoms in total. The van der Waals surface area contributed by atoms with Crippen molar-refractivity contribution in [3.8, 4) is 12.3 Å². The number of nitrogens with zero attached hydrogens (tertiary/aromatic N) is 4. The van der Waals surface area contributed by atoms with Crippen LogP contribution in [0.15, 0.2) is 54.9 Å². The smallest absolute Gasteiger partial charge is 0.339 e. The first kappa shape index (κ1) is 58.4. The van der Waals surface area contributed by atoms with Gasteiger partial charge in [-0.3, -0.25) is 14.2 Å². The van der Waals surface area contributed by atoms with Gasteiger partial charge >= 0.3 is 30.0 Å². The summed E-state index contributed by atoms with van der Waals surface area (Å²) in [5.41, 5.74) is 3.54. The highest BCUT2D eigenvalue weighted by Crippen LogP contribution is 2.66. The molecule has 15 heteroatoms. The average molecular weight is 1040 g/mol. The molecule has 2 N–H and O–H groups in total. The Balaban J connectivity index is 1.04. The number of carbonyl (C=O) groups is 4. The molecule has 1 aliphatic carbocycles. The molecule has 3 heterocycles. The number of unbranched alkanes of at least 4 members (excludes halogenated alkanes) is 24. The fourth-order valence-electron chi connectivity index (χ4n) is 10.4. The molecule has 0 bridgehead atoms. The number of carbonyl (C=O) groups excluding carboxylic acids is 4. The molecule has 0 amide bonds. The van der Waals surface area contributed by atoms with Crippen LogP contribution < -0.4 is 5.73 Å². The Labute approximate surface area is 444 Å². The molecule has 0 radical (unpaired) electrons. The summed E-state index contributed by atoms with van der Waals surface area (Å²) in [5.74, 6) is 0.0499. The molecule has 2 aromatic heterocycles. The Morgan fingerprint density at radius 3 is 1.57 bits per heavy atom. The van der Waals surface area contributed by atoms with Crippen LogP contribution in [-0.2, 0) is 46.5 Å². The van der Waals surface area contributed by atoms with E-state index in [-0.39, 0.29) is 72.5 Å². The minimum absolute atomic E-state index is 0.0111. The zero-order valence-corrected chi connectivity index (χ0v) is 44.8. The second-order valence-corrected chi connectivity index (χ2v) is 20.5. The molecule has 2 aliphatic rings. The number of hydrogen-bond acceptors (Lipinski definition) is 13. The molecule has 0 spiro atoms. The van der Waals surface area contributed by atoms with E-state index in [1.165, 1.54) is 126 Å². The number of fused-ring (bicyclic) bond motifs is 2. The third-order valence-electron chi connectivity index (χ3n) is 14.8. The van der Waals surface area contributed by atoms with Crippen LogP contribution in [0.25, 0.3) is 11.2 Å². The van der Waals surface area contributed by atoms with Gasteiger partial charge in [0.2, 0.25) is 11.2 Å². The van der Waals surface area contributed by atoms with E-state index in [0.29, 0.717) is 17.5 Å². The first-order valence-electron chi connectivity index (χ1n) is 28.3. The van der Waals surface area contributed by atoms with E-state index in [2.05, 4.69) is 34.7 Å². The van der Waals surface area contributed by atoms with E-state index in [1.54, 1.807) is 48.5 Å². The highest BCUT2D eigenvalue weighted by molar-refractivity contribution is 5.93. The fourth-order valence-corrected chi connectivity index (χ4v) is 10.4. The van der Waals surface area contributed by atoms with Gasteiger partial charge in [-0.2, -0.15) is 14.4 Å². The molecule has 1 aliphatic heterocycles. The van der Waals surface area contributed by atoms with Gasteiger partial charge in [0.1, 0.15) is 19.4 Å². The van der Waals surface area contributed by atoms with E-state index >= 15 is 0 Å². The summed E-state index contributed by atoms with van der Waals surface area (Å²) < 4.78 is 46.1. The number of imidazole rings is 1. The first-order valence-corrected chi connectivity index (χ1v) is 28.3. The van der Waals surface area contributed by atoms with Crippen LogP contribution in [0.2, 0.25) is 0 Å². The maximum Gasteiger partial charge on any atom is 0.339 e. The van der Waals surface area contributed by atoms with Crippen molar-refractivity contribution in [3.05, 3.63) is 83.2 Å². The number of aromatic nitrogens is 4. The number of benzene rings is 2. The zero-order valence-electron chi connectivity index (χ0n) is 44.8. The van der Waals surface area contributed by atoms with Crippen LogP contribution >= 0.6 is 0 Å². The van der Waals surface area contributed by atoms with E-state index < -0.39 is 41.6 Å². The third-order valence-corrected chi connectivity index (χ3v) is 14.8. The van der Waals surface area contributed by atoms with Crippen LogP contribution in [0.3, 0.4) is 0 Å². The molecule has 1 saturated heterocycles. The van der Waals surface area contributed by atoms with Gasteiger partial charge in [-0.1, -0.05) is 210 Å².